The Labute approximate surface area is 176 Å². The monoisotopic (exact) mass is 432 g/mol. The van der Waals surface area contributed by atoms with Gasteiger partial charge < -0.3 is 5.11 Å². The lowest BCUT2D eigenvalue weighted by Gasteiger charge is -2.19. The molecule has 0 aliphatic heterocycles. The maximum atomic E-state index is 14.4. The molecule has 0 bridgehead atoms. The van der Waals surface area contributed by atoms with Gasteiger partial charge in [-0.2, -0.15) is 0 Å². The molecule has 6 nitrogen and oxygen atoms in total. The van der Waals surface area contributed by atoms with Crippen molar-refractivity contribution in [2.45, 2.75) is 19.8 Å². The largest absolute Gasteiger partial charge is 0.465 e. The molecule has 29 heavy (non-hydrogen) atoms. The Balaban J connectivity index is 2.19. The van der Waals surface area contributed by atoms with E-state index in [1.54, 1.807) is 18.3 Å². The number of thiazole rings is 1. The van der Waals surface area contributed by atoms with Gasteiger partial charge in [0.15, 0.2) is 0 Å². The Morgan fingerprint density at radius 1 is 1.38 bits per heavy atom. The third-order valence-corrected chi connectivity index (χ3v) is 5.61. The molecule has 9 heteroatoms. The molecule has 0 saturated heterocycles. The average molecular weight is 433 g/mol. The molecule has 2 heterocycles. The van der Waals surface area contributed by atoms with Crippen LogP contribution in [0.1, 0.15) is 24.8 Å². The van der Waals surface area contributed by atoms with Crippen LogP contribution in [-0.2, 0) is 0 Å². The molecule has 0 saturated carbocycles. The molecule has 2 aromatic heterocycles. The van der Waals surface area contributed by atoms with E-state index in [2.05, 4.69) is 16.5 Å². The first-order valence-electron chi connectivity index (χ1n) is 8.72. The molecule has 3 rings (SSSR count). The van der Waals surface area contributed by atoms with E-state index in [0.717, 1.165) is 14.8 Å². The second kappa shape index (κ2) is 8.67. The van der Waals surface area contributed by atoms with E-state index in [4.69, 9.17) is 16.6 Å². The molecule has 1 N–H and O–H groups in total. The van der Waals surface area contributed by atoms with Crippen molar-refractivity contribution in [1.82, 2.24) is 15.0 Å². The highest BCUT2D eigenvalue weighted by Crippen LogP contribution is 2.39. The average Bonchev–Trinajstić information content (AvgIpc) is 3.12. The molecule has 0 aliphatic rings. The van der Waals surface area contributed by atoms with E-state index in [1.807, 2.05) is 13.8 Å². The normalized spacial score (nSPS) is 10.9. The van der Waals surface area contributed by atoms with Crippen LogP contribution in [0.25, 0.3) is 21.8 Å². The van der Waals surface area contributed by atoms with Crippen molar-refractivity contribution in [3.05, 3.63) is 59.2 Å². The summed E-state index contributed by atoms with van der Waals surface area (Å²) in [5.41, 5.74) is 1.68. The number of hydrogen-bond donors (Lipinski definition) is 1. The van der Waals surface area contributed by atoms with E-state index in [0.29, 0.717) is 17.0 Å². The molecule has 0 radical (unpaired) electrons. The van der Waals surface area contributed by atoms with Crippen molar-refractivity contribution in [3.8, 4) is 21.8 Å². The molecule has 0 fully saturated rings. The lowest BCUT2D eigenvalue weighted by Crippen LogP contribution is -2.30. The number of carbonyl (C=O) groups is 1. The smallest absolute Gasteiger partial charge is 0.412 e. The Morgan fingerprint density at radius 2 is 2.14 bits per heavy atom. The van der Waals surface area contributed by atoms with Crippen LogP contribution in [0.2, 0.25) is 5.28 Å². The summed E-state index contributed by atoms with van der Waals surface area (Å²) < 4.78 is 14.4. The van der Waals surface area contributed by atoms with E-state index in [-0.39, 0.29) is 23.4 Å². The molecule has 0 unspecified atom stereocenters. The molecule has 3 aromatic rings. The lowest BCUT2D eigenvalue weighted by atomic mass is 10.1. The first-order chi connectivity index (χ1) is 13.8. The van der Waals surface area contributed by atoms with Crippen LogP contribution in [0.4, 0.5) is 14.9 Å². The summed E-state index contributed by atoms with van der Waals surface area (Å²) in [5.74, 6) is -0.482. The number of rotatable bonds is 6. The van der Waals surface area contributed by atoms with Crippen LogP contribution in [0.15, 0.2) is 43.1 Å². The van der Waals surface area contributed by atoms with Crippen molar-refractivity contribution < 1.29 is 14.3 Å². The summed E-state index contributed by atoms with van der Waals surface area (Å²) >= 11 is 7.41. The fourth-order valence-electron chi connectivity index (χ4n) is 2.69. The topological polar surface area (TPSA) is 79.2 Å². The number of carboxylic acid groups (broad SMARTS) is 1. The van der Waals surface area contributed by atoms with Crippen molar-refractivity contribution in [1.29, 1.82) is 0 Å². The van der Waals surface area contributed by atoms with Crippen LogP contribution in [-0.4, -0.2) is 32.7 Å². The predicted molar refractivity (Wildman–Crippen MR) is 113 cm³/mol. The van der Waals surface area contributed by atoms with E-state index in [9.17, 15) is 14.3 Å². The second-order valence-corrected chi connectivity index (χ2v) is 7.81. The van der Waals surface area contributed by atoms with E-state index >= 15 is 0 Å². The number of anilines is 1. The molecular weight excluding hydrogens is 415 g/mol. The molecule has 0 atom stereocenters. The first kappa shape index (κ1) is 20.9. The van der Waals surface area contributed by atoms with Gasteiger partial charge in [-0.1, -0.05) is 19.9 Å². The predicted octanol–water partition coefficient (Wildman–Crippen LogP) is 5.85. The SMILES string of the molecule is C=CCN(C(=O)O)c1cc(-c2nc(C(C)C)sc2-c2ccnc(Cl)n2)ccc1F. The van der Waals surface area contributed by atoms with Crippen LogP contribution in [0.3, 0.4) is 0 Å². The lowest BCUT2D eigenvalue weighted by molar-refractivity contribution is 0.202. The van der Waals surface area contributed by atoms with Crippen LogP contribution in [0, 0.1) is 5.82 Å². The maximum Gasteiger partial charge on any atom is 0.412 e. The van der Waals surface area contributed by atoms with Gasteiger partial charge in [-0.15, -0.1) is 17.9 Å². The van der Waals surface area contributed by atoms with E-state index in [1.165, 1.54) is 29.5 Å². The van der Waals surface area contributed by atoms with Crippen molar-refractivity contribution in [2.24, 2.45) is 0 Å². The number of nitrogens with zero attached hydrogens (tertiary/aromatic N) is 4. The zero-order valence-corrected chi connectivity index (χ0v) is 17.3. The summed E-state index contributed by atoms with van der Waals surface area (Å²) in [6.07, 6.45) is 1.67. The highest BCUT2D eigenvalue weighted by molar-refractivity contribution is 7.15. The summed E-state index contributed by atoms with van der Waals surface area (Å²) in [6, 6.07) is 5.99. The zero-order chi connectivity index (χ0) is 21.1. The third-order valence-electron chi connectivity index (χ3n) is 4.05. The molecule has 150 valence electrons. The minimum atomic E-state index is -1.27. The highest BCUT2D eigenvalue weighted by Gasteiger charge is 2.22. The Morgan fingerprint density at radius 3 is 2.76 bits per heavy atom. The fourth-order valence-corrected chi connectivity index (χ4v) is 3.90. The molecular formula is C20H18ClFN4O2S. The van der Waals surface area contributed by atoms with Gasteiger partial charge in [0, 0.05) is 24.2 Å². The Bertz CT molecular complexity index is 1070. The molecule has 1 aromatic carbocycles. The minimum absolute atomic E-state index is 0.0433. The van der Waals surface area contributed by atoms with E-state index < -0.39 is 11.9 Å². The van der Waals surface area contributed by atoms with Gasteiger partial charge in [0.1, 0.15) is 5.82 Å². The van der Waals surface area contributed by atoms with Gasteiger partial charge in [0.05, 0.1) is 27.0 Å². The van der Waals surface area contributed by atoms with Gasteiger partial charge in [0.2, 0.25) is 5.28 Å². The molecule has 0 spiro atoms. The first-order valence-corrected chi connectivity index (χ1v) is 9.92. The fraction of sp³-hybridized carbons (Fsp3) is 0.200. The van der Waals surface area contributed by atoms with Crippen LogP contribution < -0.4 is 4.90 Å². The Hall–Kier alpha value is -2.84. The van der Waals surface area contributed by atoms with Gasteiger partial charge in [-0.05, 0) is 35.9 Å². The molecule has 0 aliphatic carbocycles. The van der Waals surface area contributed by atoms with Crippen LogP contribution in [0.5, 0.6) is 0 Å². The zero-order valence-electron chi connectivity index (χ0n) is 15.8. The summed E-state index contributed by atoms with van der Waals surface area (Å²) in [4.78, 5) is 26.1. The van der Waals surface area contributed by atoms with Gasteiger partial charge in [-0.3, -0.25) is 4.90 Å². The van der Waals surface area contributed by atoms with Gasteiger partial charge in [0.25, 0.3) is 0 Å². The van der Waals surface area contributed by atoms with Gasteiger partial charge >= 0.3 is 6.09 Å². The minimum Gasteiger partial charge on any atom is -0.465 e. The number of halogens is 2. The summed E-state index contributed by atoms with van der Waals surface area (Å²) in [5, 5.41) is 10.4. The second-order valence-electron chi connectivity index (χ2n) is 6.44. The maximum absolute atomic E-state index is 14.4. The number of aromatic nitrogens is 3. The standard InChI is InChI=1S/C20H18ClFN4O2S/c1-4-9-26(20(27)28)15-10-12(5-6-13(15)22)16-17(29-18(25-16)11(2)3)14-7-8-23-19(21)24-14/h4-8,10-11H,1,9H2,2-3H3,(H,27,28). The number of amides is 1. The number of benzene rings is 1. The highest BCUT2D eigenvalue weighted by atomic mass is 35.5. The summed E-state index contributed by atoms with van der Waals surface area (Å²) in [6.45, 7) is 7.53. The number of hydrogen-bond acceptors (Lipinski definition) is 5. The van der Waals surface area contributed by atoms with Crippen LogP contribution >= 0.6 is 22.9 Å². The quantitative estimate of drug-likeness (QED) is 0.390. The Kier molecular flexibility index (Phi) is 6.24. The third kappa shape index (κ3) is 4.44. The van der Waals surface area contributed by atoms with Crippen molar-refractivity contribution in [3.63, 3.8) is 0 Å². The van der Waals surface area contributed by atoms with Crippen molar-refractivity contribution in [2.75, 3.05) is 11.4 Å². The van der Waals surface area contributed by atoms with Gasteiger partial charge in [-0.25, -0.2) is 24.1 Å². The molecule has 1 amide bonds. The summed E-state index contributed by atoms with van der Waals surface area (Å²) in [7, 11) is 0. The van der Waals surface area contributed by atoms with Crippen molar-refractivity contribution >= 4 is 34.7 Å².